The number of allylic oxidation sites excluding steroid dienone is 1. The van der Waals surface area contributed by atoms with E-state index in [1.54, 1.807) is 6.07 Å². The standard InChI is InChI=1S/C24H19ClN4O2/c1-28(16-5-3-15(25)4-6-16)17-7-8-19-22(13-17)29(2)27-23(19)14-11-20-18(24(30)31)9-10-26-21(20)12-14/h3-10,12-13H,11H2,1-2H3,(H,30,31). The molecule has 1 aliphatic rings. The van der Waals surface area contributed by atoms with E-state index in [4.69, 9.17) is 16.7 Å². The maximum atomic E-state index is 11.6. The molecular weight excluding hydrogens is 412 g/mol. The fourth-order valence-electron chi connectivity index (χ4n) is 4.08. The Balaban J connectivity index is 1.53. The second-order valence-electron chi connectivity index (χ2n) is 7.58. The minimum atomic E-state index is -0.936. The van der Waals surface area contributed by atoms with Gasteiger partial charge < -0.3 is 10.0 Å². The van der Waals surface area contributed by atoms with Crippen LogP contribution in [0, 0.1) is 0 Å². The quantitative estimate of drug-likeness (QED) is 0.482. The van der Waals surface area contributed by atoms with E-state index in [1.165, 1.54) is 6.20 Å². The van der Waals surface area contributed by atoms with Crippen molar-refractivity contribution < 1.29 is 9.90 Å². The van der Waals surface area contributed by atoms with Gasteiger partial charge in [-0.15, -0.1) is 0 Å². The molecule has 4 aromatic rings. The zero-order valence-corrected chi connectivity index (χ0v) is 17.8. The molecule has 2 aromatic carbocycles. The largest absolute Gasteiger partial charge is 0.478 e. The van der Waals surface area contributed by atoms with Gasteiger partial charge in [-0.3, -0.25) is 9.67 Å². The van der Waals surface area contributed by atoms with E-state index < -0.39 is 5.97 Å². The lowest BCUT2D eigenvalue weighted by molar-refractivity contribution is 0.0695. The van der Waals surface area contributed by atoms with Crippen molar-refractivity contribution in [1.82, 2.24) is 14.8 Å². The number of benzene rings is 2. The van der Waals surface area contributed by atoms with Gasteiger partial charge in [-0.25, -0.2) is 4.79 Å². The summed E-state index contributed by atoms with van der Waals surface area (Å²) >= 11 is 6.01. The first-order valence-corrected chi connectivity index (χ1v) is 10.2. The van der Waals surface area contributed by atoms with Crippen LogP contribution in [0.1, 0.15) is 27.3 Å². The highest BCUT2D eigenvalue weighted by Crippen LogP contribution is 2.36. The molecule has 0 aliphatic heterocycles. The van der Waals surface area contributed by atoms with Gasteiger partial charge in [0.25, 0.3) is 0 Å². The van der Waals surface area contributed by atoms with Crippen LogP contribution in [0.15, 0.2) is 54.7 Å². The summed E-state index contributed by atoms with van der Waals surface area (Å²) in [6, 6.07) is 15.5. The lowest BCUT2D eigenvalue weighted by atomic mass is 10.0. The molecule has 0 saturated carbocycles. The van der Waals surface area contributed by atoms with Gasteiger partial charge >= 0.3 is 5.97 Å². The third kappa shape index (κ3) is 3.25. The number of hydrogen-bond acceptors (Lipinski definition) is 4. The SMILES string of the molecule is CN(c1ccc(Cl)cc1)c1ccc2c(C3=Cc4nccc(C(=O)O)c4C3)nn(C)c2c1. The highest BCUT2D eigenvalue weighted by atomic mass is 35.5. The lowest BCUT2D eigenvalue weighted by Crippen LogP contribution is -2.09. The number of hydrogen-bond donors (Lipinski definition) is 1. The van der Waals surface area contributed by atoms with E-state index in [9.17, 15) is 9.90 Å². The van der Waals surface area contributed by atoms with Gasteiger partial charge in [0, 0.05) is 48.5 Å². The Labute approximate surface area is 184 Å². The molecule has 0 saturated heterocycles. The number of rotatable bonds is 4. The summed E-state index contributed by atoms with van der Waals surface area (Å²) in [5, 5.41) is 16.0. The van der Waals surface area contributed by atoms with E-state index in [0.717, 1.165) is 39.1 Å². The molecular formula is C24H19ClN4O2. The van der Waals surface area contributed by atoms with Crippen LogP contribution in [0.3, 0.4) is 0 Å². The molecule has 2 heterocycles. The Morgan fingerprint density at radius 3 is 2.61 bits per heavy atom. The molecule has 1 N–H and O–H groups in total. The first-order chi connectivity index (χ1) is 14.9. The van der Waals surface area contributed by atoms with Crippen LogP contribution in [0.4, 0.5) is 11.4 Å². The van der Waals surface area contributed by atoms with Crippen LogP contribution >= 0.6 is 11.6 Å². The van der Waals surface area contributed by atoms with E-state index in [0.29, 0.717) is 22.7 Å². The molecule has 0 atom stereocenters. The van der Waals surface area contributed by atoms with Crippen LogP contribution in [0.25, 0.3) is 22.6 Å². The van der Waals surface area contributed by atoms with Gasteiger partial charge in [-0.1, -0.05) is 11.6 Å². The zero-order valence-electron chi connectivity index (χ0n) is 17.0. The van der Waals surface area contributed by atoms with Crippen molar-refractivity contribution in [2.75, 3.05) is 11.9 Å². The van der Waals surface area contributed by atoms with Crippen LogP contribution < -0.4 is 4.90 Å². The Bertz CT molecular complexity index is 1370. The van der Waals surface area contributed by atoms with Crippen molar-refractivity contribution in [2.45, 2.75) is 6.42 Å². The molecule has 0 unspecified atom stereocenters. The highest BCUT2D eigenvalue weighted by Gasteiger charge is 2.24. The highest BCUT2D eigenvalue weighted by molar-refractivity contribution is 6.30. The average Bonchev–Trinajstić information content (AvgIpc) is 3.34. The number of carbonyl (C=O) groups is 1. The number of aromatic nitrogens is 3. The van der Waals surface area contributed by atoms with Gasteiger partial charge in [0.15, 0.2) is 0 Å². The summed E-state index contributed by atoms with van der Waals surface area (Å²) in [6.07, 6.45) is 3.98. The fourth-order valence-corrected chi connectivity index (χ4v) is 4.21. The topological polar surface area (TPSA) is 71.2 Å². The number of aryl methyl sites for hydroxylation is 1. The van der Waals surface area contributed by atoms with Gasteiger partial charge in [-0.05, 0) is 65.7 Å². The van der Waals surface area contributed by atoms with E-state index in [1.807, 2.05) is 49.1 Å². The Hall–Kier alpha value is -3.64. The van der Waals surface area contributed by atoms with Gasteiger partial charge in [-0.2, -0.15) is 5.10 Å². The van der Waals surface area contributed by atoms with Crippen molar-refractivity contribution in [3.05, 3.63) is 82.3 Å². The molecule has 154 valence electrons. The summed E-state index contributed by atoms with van der Waals surface area (Å²) in [7, 11) is 3.93. The molecule has 1 aliphatic carbocycles. The zero-order chi connectivity index (χ0) is 21.7. The van der Waals surface area contributed by atoms with Crippen LogP contribution in [0.2, 0.25) is 5.02 Å². The Kier molecular flexibility index (Phi) is 4.52. The van der Waals surface area contributed by atoms with Gasteiger partial charge in [0.1, 0.15) is 0 Å². The molecule has 0 bridgehead atoms. The van der Waals surface area contributed by atoms with Crippen LogP contribution in [0.5, 0.6) is 0 Å². The fraction of sp³-hybridized carbons (Fsp3) is 0.125. The average molecular weight is 431 g/mol. The van der Waals surface area contributed by atoms with Crippen LogP contribution in [-0.2, 0) is 13.5 Å². The number of nitrogens with zero attached hydrogens (tertiary/aromatic N) is 4. The number of carboxylic acid groups (broad SMARTS) is 1. The Morgan fingerprint density at radius 2 is 1.87 bits per heavy atom. The molecule has 7 heteroatoms. The summed E-state index contributed by atoms with van der Waals surface area (Å²) in [5.41, 5.74) is 6.62. The van der Waals surface area contributed by atoms with E-state index >= 15 is 0 Å². The summed E-state index contributed by atoms with van der Waals surface area (Å²) in [5.74, 6) is -0.936. The number of fused-ring (bicyclic) bond motifs is 2. The summed E-state index contributed by atoms with van der Waals surface area (Å²) in [4.78, 5) is 18.0. The molecule has 31 heavy (non-hydrogen) atoms. The maximum absolute atomic E-state index is 11.6. The minimum Gasteiger partial charge on any atom is -0.478 e. The second kappa shape index (κ2) is 7.25. The predicted octanol–water partition coefficient (Wildman–Crippen LogP) is 5.18. The maximum Gasteiger partial charge on any atom is 0.336 e. The molecule has 6 nitrogen and oxygen atoms in total. The lowest BCUT2D eigenvalue weighted by Gasteiger charge is -2.19. The van der Waals surface area contributed by atoms with Gasteiger partial charge in [0.05, 0.1) is 22.5 Å². The third-order valence-corrected chi connectivity index (χ3v) is 5.99. The smallest absolute Gasteiger partial charge is 0.336 e. The Morgan fingerprint density at radius 1 is 1.13 bits per heavy atom. The first kappa shape index (κ1) is 19.3. The third-order valence-electron chi connectivity index (χ3n) is 5.74. The molecule has 0 amide bonds. The number of pyridine rings is 1. The molecule has 0 fully saturated rings. The molecule has 5 rings (SSSR count). The van der Waals surface area contributed by atoms with Crippen molar-refractivity contribution in [3.8, 4) is 0 Å². The second-order valence-corrected chi connectivity index (χ2v) is 8.02. The van der Waals surface area contributed by atoms with Crippen molar-refractivity contribution in [3.63, 3.8) is 0 Å². The number of anilines is 2. The summed E-state index contributed by atoms with van der Waals surface area (Å²) in [6.45, 7) is 0. The first-order valence-electron chi connectivity index (χ1n) is 9.80. The molecule has 0 spiro atoms. The number of aromatic carboxylic acids is 1. The van der Waals surface area contributed by atoms with Crippen molar-refractivity contribution in [2.24, 2.45) is 7.05 Å². The normalized spacial score (nSPS) is 12.7. The van der Waals surface area contributed by atoms with Crippen molar-refractivity contribution in [1.29, 1.82) is 0 Å². The van der Waals surface area contributed by atoms with Crippen molar-refractivity contribution >= 4 is 51.5 Å². The number of halogens is 1. The van der Waals surface area contributed by atoms with E-state index in [2.05, 4.69) is 28.1 Å². The minimum absolute atomic E-state index is 0.295. The van der Waals surface area contributed by atoms with Gasteiger partial charge in [0.2, 0.25) is 0 Å². The molecule has 2 aromatic heterocycles. The number of carboxylic acids is 1. The van der Waals surface area contributed by atoms with Crippen LogP contribution in [-0.4, -0.2) is 32.9 Å². The predicted molar refractivity (Wildman–Crippen MR) is 123 cm³/mol. The monoisotopic (exact) mass is 430 g/mol. The van der Waals surface area contributed by atoms with E-state index in [-0.39, 0.29) is 0 Å². The summed E-state index contributed by atoms with van der Waals surface area (Å²) < 4.78 is 1.86. The molecule has 0 radical (unpaired) electrons.